The fourth-order valence-corrected chi connectivity index (χ4v) is 8.00. The van der Waals surface area contributed by atoms with Crippen LogP contribution >= 0.6 is 0 Å². The summed E-state index contributed by atoms with van der Waals surface area (Å²) in [6.07, 6.45) is -57.3. The van der Waals surface area contributed by atoms with E-state index in [-0.39, 0.29) is 0 Å². The van der Waals surface area contributed by atoms with E-state index in [0.29, 0.717) is 0 Å². The Morgan fingerprint density at radius 2 is 0.453 bits per heavy atom. The van der Waals surface area contributed by atoms with Crippen molar-refractivity contribution in [2.24, 2.45) is 0 Å². The largest absolute Gasteiger partial charge is 0.416 e. The molecule has 3 N–H and O–H groups in total. The topological polar surface area (TPSA) is 27.6 Å². The van der Waals surface area contributed by atoms with Gasteiger partial charge in [-0.15, -0.1) is 0 Å². The fourth-order valence-electron chi connectivity index (χ4n) is 8.00. The molecule has 33 heteroatoms. The highest BCUT2D eigenvalue weighted by atomic mass is 19.4. The van der Waals surface area contributed by atoms with Crippen LogP contribution in [0, 0.1) is 40.7 Å². The second-order valence-corrected chi connectivity index (χ2v) is 15.5. The third-order valence-corrected chi connectivity index (χ3v) is 11.0. The van der Waals surface area contributed by atoms with Gasteiger partial charge in [-0.1, -0.05) is 48.5 Å². The molecule has 0 saturated heterocycles. The van der Waals surface area contributed by atoms with Gasteiger partial charge in [0.15, 0.2) is 34.8 Å². The number of halogens is 31. The monoisotopic (exact) mass is 1130 g/mol. The summed E-state index contributed by atoms with van der Waals surface area (Å²) in [6, 6.07) is -10.2. The minimum absolute atomic E-state index is 0.614. The molecular formula is C42H15BF31N. The predicted octanol–water partition coefficient (Wildman–Crippen LogP) is 13.9. The lowest BCUT2D eigenvalue weighted by Crippen LogP contribution is -2.78. The van der Waals surface area contributed by atoms with E-state index in [4.69, 9.17) is 0 Å². The lowest BCUT2D eigenvalue weighted by atomic mass is 9.11. The Hall–Kier alpha value is -6.57. The quantitative estimate of drug-likeness (QED) is 0.0789. The summed E-state index contributed by atoms with van der Waals surface area (Å²) < 4.78 is 441. The highest BCUT2D eigenvalue weighted by Gasteiger charge is 2.53. The van der Waals surface area contributed by atoms with Crippen LogP contribution in [0.15, 0.2) is 72.8 Å². The van der Waals surface area contributed by atoms with Gasteiger partial charge in [0.2, 0.25) is 11.6 Å². The van der Waals surface area contributed by atoms with Crippen molar-refractivity contribution in [1.29, 1.82) is 0 Å². The van der Waals surface area contributed by atoms with Gasteiger partial charge in [0.05, 0.1) is 33.0 Å². The van der Waals surface area contributed by atoms with Crippen molar-refractivity contribution < 1.29 is 142 Å². The van der Waals surface area contributed by atoms with E-state index in [0.717, 1.165) is 0 Å². The molecule has 0 aliphatic heterocycles. The first-order chi connectivity index (χ1) is 33.6. The molecule has 0 fully saturated rings. The van der Waals surface area contributed by atoms with Crippen LogP contribution in [0.5, 0.6) is 0 Å². The van der Waals surface area contributed by atoms with Gasteiger partial charge in [0.25, 0.3) is 0 Å². The van der Waals surface area contributed by atoms with E-state index < -0.39 is 252 Å². The molecule has 0 saturated carbocycles. The van der Waals surface area contributed by atoms with Crippen LogP contribution in [0.2, 0.25) is 0 Å². The molecule has 1 nitrogen and oxygen atoms in total. The zero-order valence-electron chi connectivity index (χ0n) is 34.9. The molecule has 0 aliphatic rings. The standard InChI is InChI=1S/C32H12BF24.C10H2F7N/c34-25(35,36)13-1-5-17(29(46,47)48)21(9-13)33(22-10-14(26(37,38)39)2-6-18(22)30(49,50)51,23-11-15(27(40,41)42)3-7-19(23)31(52,53)54)24-12-16(28(43,44)45)4-8-20(24)32(55,56)57;11-3-1-2(5(13)7(15)6(3)14)10(18)9(17)8(16)4(1)12/h1-12H;18H2/q-1;/p+1. The van der Waals surface area contributed by atoms with Crippen molar-refractivity contribution in [3.63, 3.8) is 0 Å². The van der Waals surface area contributed by atoms with Gasteiger partial charge < -0.3 is 5.73 Å². The average molecular weight is 1130 g/mol. The van der Waals surface area contributed by atoms with E-state index in [1.807, 2.05) is 0 Å². The van der Waals surface area contributed by atoms with Crippen molar-refractivity contribution >= 4 is 44.5 Å². The van der Waals surface area contributed by atoms with Crippen LogP contribution in [0.3, 0.4) is 0 Å². The van der Waals surface area contributed by atoms with E-state index in [1.165, 1.54) is 0 Å². The smallest absolute Gasteiger partial charge is 0.322 e. The van der Waals surface area contributed by atoms with Crippen LogP contribution < -0.4 is 27.6 Å². The summed E-state index contributed by atoms with van der Waals surface area (Å²) in [5.41, 5.74) is -32.7. The van der Waals surface area contributed by atoms with E-state index in [1.54, 1.807) is 0 Å². The summed E-state index contributed by atoms with van der Waals surface area (Å²) in [6.45, 7) is 0. The molecule has 0 aliphatic carbocycles. The van der Waals surface area contributed by atoms with Crippen LogP contribution in [0.4, 0.5) is 142 Å². The molecule has 75 heavy (non-hydrogen) atoms. The van der Waals surface area contributed by atoms with Crippen LogP contribution in [-0.4, -0.2) is 6.15 Å². The predicted molar refractivity (Wildman–Crippen MR) is 196 cm³/mol. The molecule has 0 aromatic heterocycles. The van der Waals surface area contributed by atoms with Gasteiger partial charge in [0.1, 0.15) is 6.15 Å². The molecule has 408 valence electrons. The summed E-state index contributed by atoms with van der Waals surface area (Å²) in [5, 5.41) is -2.79. The summed E-state index contributed by atoms with van der Waals surface area (Å²) in [5.74, 6) is -14.9. The first-order valence-electron chi connectivity index (χ1n) is 19.1. The van der Waals surface area contributed by atoms with Crippen molar-refractivity contribution in [3.05, 3.63) is 158 Å². The molecule has 0 heterocycles. The van der Waals surface area contributed by atoms with Crippen molar-refractivity contribution in [3.8, 4) is 0 Å². The van der Waals surface area contributed by atoms with Crippen molar-refractivity contribution in [2.45, 2.75) is 49.4 Å². The normalized spacial score (nSPS) is 13.6. The lowest BCUT2D eigenvalue weighted by Gasteiger charge is -2.49. The summed E-state index contributed by atoms with van der Waals surface area (Å²) in [7, 11) is 0. The molecular weight excluding hydrogens is 1120 g/mol. The van der Waals surface area contributed by atoms with Gasteiger partial charge in [-0.25, -0.2) is 26.3 Å². The minimum atomic E-state index is -6.78. The molecule has 0 amide bonds. The van der Waals surface area contributed by atoms with Crippen molar-refractivity contribution in [1.82, 2.24) is 0 Å². The van der Waals surface area contributed by atoms with Gasteiger partial charge in [-0.2, -0.15) is 132 Å². The number of benzene rings is 6. The Labute approximate surface area is 393 Å². The maximum Gasteiger partial charge on any atom is 0.416 e. The van der Waals surface area contributed by atoms with Gasteiger partial charge in [0, 0.05) is 22.3 Å². The minimum Gasteiger partial charge on any atom is -0.322 e. The van der Waals surface area contributed by atoms with Gasteiger partial charge >= 0.3 is 49.4 Å². The second-order valence-electron chi connectivity index (χ2n) is 15.5. The number of quaternary nitrogens is 1. The molecule has 6 aromatic rings. The van der Waals surface area contributed by atoms with Crippen molar-refractivity contribution in [2.75, 3.05) is 0 Å². The third kappa shape index (κ3) is 11.1. The molecule has 0 atom stereocenters. The molecule has 0 bridgehead atoms. The first-order valence-corrected chi connectivity index (χ1v) is 19.1. The highest BCUT2D eigenvalue weighted by molar-refractivity contribution is 7.20. The Morgan fingerprint density at radius 1 is 0.253 bits per heavy atom. The lowest BCUT2D eigenvalue weighted by molar-refractivity contribution is -0.257. The zero-order valence-corrected chi connectivity index (χ0v) is 34.9. The summed E-state index contributed by atoms with van der Waals surface area (Å²) >= 11 is 0. The first kappa shape index (κ1) is 59.3. The Morgan fingerprint density at radius 3 is 0.653 bits per heavy atom. The number of alkyl halides is 24. The molecule has 6 rings (SSSR count). The summed E-state index contributed by atoms with van der Waals surface area (Å²) in [4.78, 5) is 0. The van der Waals surface area contributed by atoms with E-state index in [2.05, 4.69) is 5.73 Å². The van der Waals surface area contributed by atoms with E-state index >= 15 is 0 Å². The Balaban J connectivity index is 0.000000483. The second kappa shape index (κ2) is 18.9. The van der Waals surface area contributed by atoms with Crippen LogP contribution in [0.1, 0.15) is 44.5 Å². The maximum absolute atomic E-state index is 14.9. The van der Waals surface area contributed by atoms with Gasteiger partial charge in [-0.3, -0.25) is 0 Å². The maximum atomic E-state index is 14.9. The Kier molecular flexibility index (Phi) is 15.0. The highest BCUT2D eigenvalue weighted by Crippen LogP contribution is 2.43. The number of rotatable bonds is 4. The molecule has 0 spiro atoms. The number of fused-ring (bicyclic) bond motifs is 1. The van der Waals surface area contributed by atoms with Crippen LogP contribution in [-0.2, 0) is 49.4 Å². The Bertz CT molecular complexity index is 2760. The SMILES string of the molecule is FC(F)(F)c1ccc(C(F)(F)F)c([B-](c2cc(C(F)(F)F)ccc2C(F)(F)F)(c2cc(C(F)(F)F)ccc2C(F)(F)F)c2cc(C(F)(F)F)ccc2C(F)(F)F)c1.[NH3+]c1c(F)c(F)c(F)c2c(F)c(F)c(F)c(F)c12. The third-order valence-electron chi connectivity index (χ3n) is 11.0. The number of hydrogen-bond acceptors (Lipinski definition) is 0. The number of hydrogen-bond donors (Lipinski definition) is 1. The van der Waals surface area contributed by atoms with E-state index in [9.17, 15) is 136 Å². The average Bonchev–Trinajstić information content (AvgIpc) is 3.25. The van der Waals surface area contributed by atoms with Gasteiger partial charge in [-0.05, 0) is 24.3 Å². The van der Waals surface area contributed by atoms with Crippen LogP contribution in [0.25, 0.3) is 10.8 Å². The molecule has 0 radical (unpaired) electrons. The zero-order chi connectivity index (χ0) is 57.7. The molecule has 0 unspecified atom stereocenters. The molecule has 6 aromatic carbocycles. The fraction of sp³-hybridized carbons (Fsp3) is 0.190.